The molecule has 1 atom stereocenters. The molecule has 2 aromatic rings. The zero-order valence-corrected chi connectivity index (χ0v) is 14.2. The van der Waals surface area contributed by atoms with Gasteiger partial charge in [-0.1, -0.05) is 12.1 Å². The van der Waals surface area contributed by atoms with E-state index in [-0.39, 0.29) is 0 Å². The van der Waals surface area contributed by atoms with E-state index in [1.165, 1.54) is 24.2 Å². The van der Waals surface area contributed by atoms with Crippen LogP contribution in [0.25, 0.3) is 0 Å². The fraction of sp³-hybridized carbons (Fsp3) is 0.474. The number of nitrogens with zero attached hydrogens (tertiary/aromatic N) is 4. The highest BCUT2D eigenvalue weighted by Crippen LogP contribution is 2.27. The molecule has 24 heavy (non-hydrogen) atoms. The van der Waals surface area contributed by atoms with Crippen LogP contribution in [0.2, 0.25) is 0 Å². The van der Waals surface area contributed by atoms with Crippen molar-refractivity contribution in [2.45, 2.75) is 31.8 Å². The lowest BCUT2D eigenvalue weighted by molar-refractivity contribution is 0.177. The molecular weight excluding hydrogens is 300 g/mol. The van der Waals surface area contributed by atoms with Crippen LogP contribution in [0, 0.1) is 11.3 Å². The predicted molar refractivity (Wildman–Crippen MR) is 92.5 cm³/mol. The Morgan fingerprint density at radius 3 is 3.17 bits per heavy atom. The van der Waals surface area contributed by atoms with Crippen LogP contribution >= 0.6 is 0 Å². The molecule has 0 aliphatic carbocycles. The predicted octanol–water partition coefficient (Wildman–Crippen LogP) is 2.78. The lowest BCUT2D eigenvalue weighted by Crippen LogP contribution is -2.35. The zero-order chi connectivity index (χ0) is 16.8. The maximum Gasteiger partial charge on any atom is 0.113 e. The maximum atomic E-state index is 9.05. The van der Waals surface area contributed by atoms with Gasteiger partial charge in [0.25, 0.3) is 0 Å². The highest BCUT2D eigenvalue weighted by molar-refractivity contribution is 5.32. The molecule has 1 aliphatic heterocycles. The number of ether oxygens (including phenoxy) is 1. The van der Waals surface area contributed by atoms with Crippen molar-refractivity contribution >= 4 is 0 Å². The monoisotopic (exact) mass is 324 g/mol. The largest absolute Gasteiger partial charge is 0.383 e. The van der Waals surface area contributed by atoms with E-state index in [9.17, 15) is 0 Å². The summed E-state index contributed by atoms with van der Waals surface area (Å²) >= 11 is 0. The first kappa shape index (κ1) is 16.7. The van der Waals surface area contributed by atoms with Gasteiger partial charge in [0, 0.05) is 45.1 Å². The molecular formula is C19H24N4O. The molecule has 0 spiro atoms. The minimum absolute atomic E-state index is 0.463. The van der Waals surface area contributed by atoms with E-state index in [1.54, 1.807) is 7.11 Å². The second-order valence-corrected chi connectivity index (χ2v) is 6.36. The number of piperidine rings is 1. The van der Waals surface area contributed by atoms with Crippen LogP contribution in [-0.2, 0) is 17.8 Å². The molecule has 0 radical (unpaired) electrons. The van der Waals surface area contributed by atoms with Gasteiger partial charge in [-0.3, -0.25) is 4.90 Å². The molecule has 0 saturated carbocycles. The van der Waals surface area contributed by atoms with Crippen molar-refractivity contribution in [3.8, 4) is 6.07 Å². The van der Waals surface area contributed by atoms with Crippen molar-refractivity contribution < 1.29 is 4.74 Å². The Labute approximate surface area is 143 Å². The summed E-state index contributed by atoms with van der Waals surface area (Å²) in [4.78, 5) is 7.07. The molecule has 1 unspecified atom stereocenters. The molecule has 3 rings (SSSR count). The summed E-state index contributed by atoms with van der Waals surface area (Å²) in [5, 5.41) is 9.05. The van der Waals surface area contributed by atoms with Crippen molar-refractivity contribution in [2.75, 3.05) is 26.8 Å². The molecule has 0 N–H and O–H groups in total. The van der Waals surface area contributed by atoms with Crippen LogP contribution in [0.5, 0.6) is 0 Å². The number of aromatic nitrogens is 2. The number of hydrogen-bond donors (Lipinski definition) is 0. The second-order valence-electron chi connectivity index (χ2n) is 6.36. The molecule has 0 amide bonds. The van der Waals surface area contributed by atoms with Gasteiger partial charge in [-0.05, 0) is 37.1 Å². The first-order valence-corrected chi connectivity index (χ1v) is 8.51. The first-order chi connectivity index (χ1) is 11.8. The van der Waals surface area contributed by atoms with Crippen LogP contribution in [-0.4, -0.2) is 41.3 Å². The van der Waals surface area contributed by atoms with Crippen molar-refractivity contribution in [3.05, 3.63) is 53.6 Å². The van der Waals surface area contributed by atoms with Gasteiger partial charge in [0.15, 0.2) is 0 Å². The van der Waals surface area contributed by atoms with Gasteiger partial charge in [0.05, 0.1) is 18.2 Å². The number of imidazole rings is 1. The van der Waals surface area contributed by atoms with Crippen molar-refractivity contribution in [1.82, 2.24) is 14.5 Å². The molecule has 0 bridgehead atoms. The minimum Gasteiger partial charge on any atom is -0.383 e. The lowest BCUT2D eigenvalue weighted by Gasteiger charge is -2.32. The fourth-order valence-corrected chi connectivity index (χ4v) is 3.47. The Bertz CT molecular complexity index is 703. The molecule has 1 aromatic heterocycles. The number of likely N-dealkylation sites (tertiary alicyclic amines) is 1. The van der Waals surface area contributed by atoms with Gasteiger partial charge in [-0.15, -0.1) is 0 Å². The van der Waals surface area contributed by atoms with Gasteiger partial charge < -0.3 is 9.30 Å². The number of methoxy groups -OCH3 is 1. The summed E-state index contributed by atoms with van der Waals surface area (Å²) < 4.78 is 7.41. The van der Waals surface area contributed by atoms with Gasteiger partial charge in [-0.2, -0.15) is 5.26 Å². The van der Waals surface area contributed by atoms with Gasteiger partial charge in [0.1, 0.15) is 5.82 Å². The summed E-state index contributed by atoms with van der Waals surface area (Å²) in [5.74, 6) is 1.63. The Morgan fingerprint density at radius 1 is 1.42 bits per heavy atom. The van der Waals surface area contributed by atoms with E-state index in [1.807, 2.05) is 30.6 Å². The number of hydrogen-bond acceptors (Lipinski definition) is 4. The van der Waals surface area contributed by atoms with Crippen LogP contribution in [0.4, 0.5) is 0 Å². The van der Waals surface area contributed by atoms with Crippen molar-refractivity contribution in [3.63, 3.8) is 0 Å². The Hall–Kier alpha value is -2.16. The summed E-state index contributed by atoms with van der Waals surface area (Å²) in [6.45, 7) is 4.57. The third-order valence-electron chi connectivity index (χ3n) is 4.62. The standard InChI is InChI=1S/C19H24N4O/c1-24-11-10-23-9-7-21-19(23)18-6-3-8-22(15-18)14-17-5-2-4-16(12-17)13-20/h2,4-5,7,9,12,18H,3,6,8,10-11,14-15H2,1H3. The fourth-order valence-electron chi connectivity index (χ4n) is 3.47. The SMILES string of the molecule is COCCn1ccnc1C1CCCN(Cc2cccc(C#N)c2)C1. The third-order valence-corrected chi connectivity index (χ3v) is 4.62. The molecule has 1 saturated heterocycles. The smallest absolute Gasteiger partial charge is 0.113 e. The second kappa shape index (κ2) is 8.09. The average Bonchev–Trinajstić information content (AvgIpc) is 3.09. The Balaban J connectivity index is 1.66. The van der Waals surface area contributed by atoms with Crippen molar-refractivity contribution in [2.24, 2.45) is 0 Å². The topological polar surface area (TPSA) is 54.1 Å². The summed E-state index contributed by atoms with van der Waals surface area (Å²) in [6.07, 6.45) is 6.29. The normalized spacial score (nSPS) is 18.4. The van der Waals surface area contributed by atoms with E-state index in [4.69, 9.17) is 10.00 Å². The minimum atomic E-state index is 0.463. The van der Waals surface area contributed by atoms with Gasteiger partial charge in [0.2, 0.25) is 0 Å². The van der Waals surface area contributed by atoms with Crippen LogP contribution in [0.15, 0.2) is 36.7 Å². The van der Waals surface area contributed by atoms with Crippen LogP contribution in [0.1, 0.15) is 35.7 Å². The number of rotatable bonds is 6. The Kier molecular flexibility index (Phi) is 5.63. The van der Waals surface area contributed by atoms with E-state index in [2.05, 4.69) is 26.6 Å². The molecule has 5 nitrogen and oxygen atoms in total. The Morgan fingerprint density at radius 2 is 2.33 bits per heavy atom. The van der Waals surface area contributed by atoms with Crippen LogP contribution < -0.4 is 0 Å². The number of benzene rings is 1. The van der Waals surface area contributed by atoms with Gasteiger partial charge >= 0.3 is 0 Å². The van der Waals surface area contributed by atoms with Crippen LogP contribution in [0.3, 0.4) is 0 Å². The zero-order valence-electron chi connectivity index (χ0n) is 14.2. The summed E-state index contributed by atoms with van der Waals surface area (Å²) in [6, 6.07) is 10.1. The lowest BCUT2D eigenvalue weighted by atomic mass is 9.96. The average molecular weight is 324 g/mol. The molecule has 1 aromatic carbocycles. The molecule has 126 valence electrons. The molecule has 1 aliphatic rings. The van der Waals surface area contributed by atoms with Gasteiger partial charge in [-0.25, -0.2) is 4.98 Å². The van der Waals surface area contributed by atoms with E-state index in [0.717, 1.165) is 31.7 Å². The molecule has 5 heteroatoms. The maximum absolute atomic E-state index is 9.05. The number of nitriles is 1. The highest BCUT2D eigenvalue weighted by Gasteiger charge is 2.24. The quantitative estimate of drug-likeness (QED) is 0.820. The van der Waals surface area contributed by atoms with E-state index >= 15 is 0 Å². The molecule has 2 heterocycles. The van der Waals surface area contributed by atoms with Crippen molar-refractivity contribution in [1.29, 1.82) is 5.26 Å². The summed E-state index contributed by atoms with van der Waals surface area (Å²) in [5.41, 5.74) is 1.94. The third kappa shape index (κ3) is 4.02. The first-order valence-electron chi connectivity index (χ1n) is 8.51. The highest BCUT2D eigenvalue weighted by atomic mass is 16.5. The van der Waals surface area contributed by atoms with E-state index in [0.29, 0.717) is 12.5 Å². The molecule has 1 fully saturated rings. The van der Waals surface area contributed by atoms with E-state index < -0.39 is 0 Å². The summed E-state index contributed by atoms with van der Waals surface area (Å²) in [7, 11) is 1.73.